The Morgan fingerprint density at radius 1 is 1.21 bits per heavy atom. The molecule has 1 aliphatic rings. The molecule has 1 aliphatic heterocycles. The molecule has 0 bridgehead atoms. The van der Waals surface area contributed by atoms with Gasteiger partial charge in [0.2, 0.25) is 5.95 Å². The van der Waals surface area contributed by atoms with Crippen molar-refractivity contribution in [1.29, 1.82) is 0 Å². The van der Waals surface area contributed by atoms with Crippen LogP contribution >= 0.6 is 0 Å². The number of pyridine rings is 1. The average molecular weight is 326 g/mol. The van der Waals surface area contributed by atoms with E-state index in [1.54, 1.807) is 24.8 Å². The molecule has 1 fully saturated rings. The Bertz CT molecular complexity index is 643. The van der Waals surface area contributed by atoms with Crippen molar-refractivity contribution < 1.29 is 4.79 Å². The first kappa shape index (κ1) is 16.2. The van der Waals surface area contributed by atoms with Gasteiger partial charge in [-0.2, -0.15) is 0 Å². The molecule has 0 saturated carbocycles. The molecular formula is C17H22N6O. The summed E-state index contributed by atoms with van der Waals surface area (Å²) in [6, 6.07) is 5.60. The molecular weight excluding hydrogens is 304 g/mol. The van der Waals surface area contributed by atoms with E-state index in [1.165, 1.54) is 0 Å². The van der Waals surface area contributed by atoms with E-state index in [0.717, 1.165) is 37.4 Å². The van der Waals surface area contributed by atoms with Crippen LogP contribution < -0.4 is 15.5 Å². The predicted molar refractivity (Wildman–Crippen MR) is 91.6 cm³/mol. The number of anilines is 1. The lowest BCUT2D eigenvalue weighted by Gasteiger charge is -2.32. The van der Waals surface area contributed by atoms with E-state index in [-0.39, 0.29) is 18.1 Å². The van der Waals surface area contributed by atoms with Crippen molar-refractivity contribution in [3.8, 4) is 0 Å². The van der Waals surface area contributed by atoms with Gasteiger partial charge in [0.15, 0.2) is 0 Å². The maximum atomic E-state index is 12.2. The molecule has 126 valence electrons. The maximum Gasteiger partial charge on any atom is 0.315 e. The highest BCUT2D eigenvalue weighted by Crippen LogP contribution is 2.15. The Labute approximate surface area is 141 Å². The van der Waals surface area contributed by atoms with Crippen LogP contribution in [0.3, 0.4) is 0 Å². The number of piperidine rings is 1. The first-order valence-electron chi connectivity index (χ1n) is 8.21. The Kier molecular flexibility index (Phi) is 5.20. The van der Waals surface area contributed by atoms with Gasteiger partial charge in [0, 0.05) is 43.9 Å². The van der Waals surface area contributed by atoms with Gasteiger partial charge in [-0.3, -0.25) is 4.98 Å². The molecule has 1 saturated heterocycles. The van der Waals surface area contributed by atoms with Gasteiger partial charge in [-0.1, -0.05) is 6.07 Å². The van der Waals surface area contributed by atoms with Crippen LogP contribution in [-0.4, -0.2) is 40.1 Å². The van der Waals surface area contributed by atoms with Gasteiger partial charge in [0.05, 0.1) is 6.04 Å². The molecule has 24 heavy (non-hydrogen) atoms. The van der Waals surface area contributed by atoms with E-state index in [0.29, 0.717) is 0 Å². The van der Waals surface area contributed by atoms with E-state index in [2.05, 4.69) is 30.5 Å². The second-order valence-electron chi connectivity index (χ2n) is 5.94. The number of urea groups is 1. The van der Waals surface area contributed by atoms with Crippen molar-refractivity contribution in [2.45, 2.75) is 31.8 Å². The van der Waals surface area contributed by atoms with Crippen molar-refractivity contribution in [2.24, 2.45) is 0 Å². The summed E-state index contributed by atoms with van der Waals surface area (Å²) in [5, 5.41) is 6.01. The van der Waals surface area contributed by atoms with E-state index in [4.69, 9.17) is 0 Å². The van der Waals surface area contributed by atoms with Crippen LogP contribution in [0.25, 0.3) is 0 Å². The standard InChI is InChI=1S/C17H22N6O/c1-13(14-4-2-7-18-12-14)21-17(24)22-15-5-10-23(11-6-15)16-19-8-3-9-20-16/h2-4,7-9,12-13,15H,5-6,10-11H2,1H3,(H2,21,22,24)/t13-/m0/s1. The molecule has 2 N–H and O–H groups in total. The third kappa shape index (κ3) is 4.18. The van der Waals surface area contributed by atoms with Crippen molar-refractivity contribution in [1.82, 2.24) is 25.6 Å². The lowest BCUT2D eigenvalue weighted by molar-refractivity contribution is 0.231. The summed E-state index contributed by atoms with van der Waals surface area (Å²) in [5.41, 5.74) is 0.990. The summed E-state index contributed by atoms with van der Waals surface area (Å²) in [6.45, 7) is 3.63. The van der Waals surface area contributed by atoms with Crippen LogP contribution in [0, 0.1) is 0 Å². The van der Waals surface area contributed by atoms with Crippen molar-refractivity contribution in [3.63, 3.8) is 0 Å². The van der Waals surface area contributed by atoms with E-state index in [9.17, 15) is 4.79 Å². The van der Waals surface area contributed by atoms with Crippen LogP contribution in [0.15, 0.2) is 43.0 Å². The molecule has 0 unspecified atom stereocenters. The predicted octanol–water partition coefficient (Wildman–Crippen LogP) is 1.90. The number of carbonyl (C=O) groups excluding carboxylic acids is 1. The highest BCUT2D eigenvalue weighted by molar-refractivity contribution is 5.74. The molecule has 0 radical (unpaired) electrons. The molecule has 2 amide bonds. The molecule has 0 spiro atoms. The van der Waals surface area contributed by atoms with E-state index in [1.807, 2.05) is 25.1 Å². The zero-order chi connectivity index (χ0) is 16.8. The minimum atomic E-state index is -0.138. The lowest BCUT2D eigenvalue weighted by atomic mass is 10.1. The van der Waals surface area contributed by atoms with E-state index < -0.39 is 0 Å². The summed E-state index contributed by atoms with van der Waals surface area (Å²) >= 11 is 0. The van der Waals surface area contributed by atoms with Crippen molar-refractivity contribution in [3.05, 3.63) is 48.5 Å². The van der Waals surface area contributed by atoms with Crippen LogP contribution in [0.4, 0.5) is 10.7 Å². The summed E-state index contributed by atoms with van der Waals surface area (Å²) in [4.78, 5) is 26.9. The summed E-state index contributed by atoms with van der Waals surface area (Å²) in [7, 11) is 0. The number of nitrogens with one attached hydrogen (secondary N) is 2. The molecule has 2 aromatic rings. The largest absolute Gasteiger partial charge is 0.341 e. The van der Waals surface area contributed by atoms with E-state index >= 15 is 0 Å². The zero-order valence-corrected chi connectivity index (χ0v) is 13.7. The fraction of sp³-hybridized carbons (Fsp3) is 0.412. The summed E-state index contributed by atoms with van der Waals surface area (Å²) in [6.07, 6.45) is 8.75. The van der Waals surface area contributed by atoms with Gasteiger partial charge in [-0.15, -0.1) is 0 Å². The molecule has 1 atom stereocenters. The fourth-order valence-electron chi connectivity index (χ4n) is 2.82. The number of carbonyl (C=O) groups is 1. The topological polar surface area (TPSA) is 83.0 Å². The van der Waals surface area contributed by atoms with Crippen LogP contribution in [0.1, 0.15) is 31.4 Å². The monoisotopic (exact) mass is 326 g/mol. The SMILES string of the molecule is C[C@H](NC(=O)NC1CCN(c2ncccn2)CC1)c1cccnc1. The number of aromatic nitrogens is 3. The first-order chi connectivity index (χ1) is 11.7. The van der Waals surface area contributed by atoms with Gasteiger partial charge in [0.25, 0.3) is 0 Å². The number of nitrogens with zero attached hydrogens (tertiary/aromatic N) is 4. The smallest absolute Gasteiger partial charge is 0.315 e. The Hall–Kier alpha value is -2.70. The van der Waals surface area contributed by atoms with Gasteiger partial charge in [-0.25, -0.2) is 14.8 Å². The molecule has 3 heterocycles. The van der Waals surface area contributed by atoms with Crippen LogP contribution in [0.5, 0.6) is 0 Å². The van der Waals surface area contributed by atoms with Crippen LogP contribution in [0.2, 0.25) is 0 Å². The normalized spacial score (nSPS) is 16.5. The van der Waals surface area contributed by atoms with Gasteiger partial charge in [-0.05, 0) is 37.5 Å². The third-order valence-corrected chi connectivity index (χ3v) is 4.20. The highest BCUT2D eigenvalue weighted by atomic mass is 16.2. The van der Waals surface area contributed by atoms with Crippen molar-refractivity contribution in [2.75, 3.05) is 18.0 Å². The Morgan fingerprint density at radius 2 is 1.96 bits per heavy atom. The molecule has 0 aliphatic carbocycles. The zero-order valence-electron chi connectivity index (χ0n) is 13.7. The number of amides is 2. The lowest BCUT2D eigenvalue weighted by Crippen LogP contribution is -2.48. The Balaban J connectivity index is 1.45. The number of hydrogen-bond acceptors (Lipinski definition) is 5. The van der Waals surface area contributed by atoms with Crippen molar-refractivity contribution >= 4 is 12.0 Å². The van der Waals surface area contributed by atoms with Gasteiger partial charge < -0.3 is 15.5 Å². The molecule has 0 aromatic carbocycles. The Morgan fingerprint density at radius 3 is 2.62 bits per heavy atom. The number of rotatable bonds is 4. The third-order valence-electron chi connectivity index (χ3n) is 4.20. The average Bonchev–Trinajstić information content (AvgIpc) is 2.64. The molecule has 7 heteroatoms. The van der Waals surface area contributed by atoms with Crippen LogP contribution in [-0.2, 0) is 0 Å². The summed E-state index contributed by atoms with van der Waals surface area (Å²) < 4.78 is 0. The number of hydrogen-bond donors (Lipinski definition) is 2. The summed E-state index contributed by atoms with van der Waals surface area (Å²) in [5.74, 6) is 0.755. The minimum absolute atomic E-state index is 0.0727. The second kappa shape index (κ2) is 7.72. The quantitative estimate of drug-likeness (QED) is 0.896. The second-order valence-corrected chi connectivity index (χ2v) is 5.94. The maximum absolute atomic E-state index is 12.2. The minimum Gasteiger partial charge on any atom is -0.341 e. The molecule has 2 aromatic heterocycles. The molecule has 3 rings (SSSR count). The van der Waals surface area contributed by atoms with Gasteiger partial charge >= 0.3 is 6.03 Å². The molecule has 7 nitrogen and oxygen atoms in total. The first-order valence-corrected chi connectivity index (χ1v) is 8.21. The highest BCUT2D eigenvalue weighted by Gasteiger charge is 2.22. The fourth-order valence-corrected chi connectivity index (χ4v) is 2.82. The van der Waals surface area contributed by atoms with Gasteiger partial charge in [0.1, 0.15) is 0 Å².